The molecule has 5 nitrogen and oxygen atoms in total. The Labute approximate surface area is 118 Å². The van der Waals surface area contributed by atoms with Crippen molar-refractivity contribution in [1.82, 2.24) is 4.90 Å². The third-order valence-electron chi connectivity index (χ3n) is 3.53. The predicted octanol–water partition coefficient (Wildman–Crippen LogP) is 1.41. The van der Waals surface area contributed by atoms with E-state index in [2.05, 4.69) is 15.9 Å². The van der Waals surface area contributed by atoms with Gasteiger partial charge in [0.2, 0.25) is 5.91 Å². The molecule has 1 aromatic rings. The molecule has 1 saturated heterocycles. The molecule has 1 unspecified atom stereocenters. The summed E-state index contributed by atoms with van der Waals surface area (Å²) in [5, 5.41) is 0. The van der Waals surface area contributed by atoms with Gasteiger partial charge in [-0.2, -0.15) is 0 Å². The van der Waals surface area contributed by atoms with Crippen molar-refractivity contribution in [2.24, 2.45) is 0 Å². The summed E-state index contributed by atoms with van der Waals surface area (Å²) in [5.74, 6) is -0.619. The minimum atomic E-state index is -0.316. The Balaban J connectivity index is 2.02. The second-order valence-electron chi connectivity index (χ2n) is 4.65. The number of benzene rings is 1. The van der Waals surface area contributed by atoms with Crippen LogP contribution in [0.5, 0.6) is 0 Å². The topological polar surface area (TPSA) is 57.7 Å². The first-order valence-corrected chi connectivity index (χ1v) is 6.84. The second kappa shape index (κ2) is 4.16. The number of fused-ring (bicyclic) bond motifs is 1. The molecule has 0 bridgehead atoms. The van der Waals surface area contributed by atoms with Crippen molar-refractivity contribution in [3.05, 3.63) is 29.3 Å². The van der Waals surface area contributed by atoms with Crippen LogP contribution in [-0.4, -0.2) is 41.0 Å². The maximum atomic E-state index is 11.9. The summed E-state index contributed by atoms with van der Waals surface area (Å²) >= 11 is 3.31. The van der Waals surface area contributed by atoms with Crippen LogP contribution in [0.2, 0.25) is 0 Å². The first kappa shape index (κ1) is 12.3. The van der Waals surface area contributed by atoms with Gasteiger partial charge in [-0.05, 0) is 24.6 Å². The lowest BCUT2D eigenvalue weighted by Gasteiger charge is -2.16. The minimum Gasteiger partial charge on any atom is -0.311 e. The van der Waals surface area contributed by atoms with E-state index in [-0.39, 0.29) is 22.5 Å². The van der Waals surface area contributed by atoms with E-state index in [0.717, 1.165) is 11.3 Å². The number of carbonyl (C=O) groups excluding carboxylic acids is 3. The number of hydrogen-bond acceptors (Lipinski definition) is 3. The summed E-state index contributed by atoms with van der Waals surface area (Å²) < 4.78 is 0. The molecule has 0 saturated carbocycles. The van der Waals surface area contributed by atoms with Gasteiger partial charge in [-0.25, -0.2) is 0 Å². The van der Waals surface area contributed by atoms with Crippen LogP contribution in [0.3, 0.4) is 0 Å². The number of imide groups is 1. The van der Waals surface area contributed by atoms with Crippen LogP contribution in [0, 0.1) is 0 Å². The van der Waals surface area contributed by atoms with Gasteiger partial charge < -0.3 is 4.90 Å². The molecular formula is C13H11BrN2O3. The lowest BCUT2D eigenvalue weighted by molar-refractivity contribution is -0.116. The van der Waals surface area contributed by atoms with Crippen molar-refractivity contribution < 1.29 is 14.4 Å². The van der Waals surface area contributed by atoms with Crippen LogP contribution >= 0.6 is 15.9 Å². The zero-order valence-electron chi connectivity index (χ0n) is 10.2. The fourth-order valence-electron chi connectivity index (χ4n) is 2.42. The number of amides is 3. The Kier molecular flexibility index (Phi) is 2.70. The molecule has 0 aromatic heterocycles. The molecule has 2 aliphatic rings. The maximum Gasteiger partial charge on any atom is 0.261 e. The van der Waals surface area contributed by atoms with E-state index in [4.69, 9.17) is 0 Å². The number of halogens is 1. The highest BCUT2D eigenvalue weighted by molar-refractivity contribution is 9.10. The predicted molar refractivity (Wildman–Crippen MR) is 72.6 cm³/mol. The average Bonchev–Trinajstić information content (AvgIpc) is 2.85. The quantitative estimate of drug-likeness (QED) is 0.580. The molecular weight excluding hydrogens is 312 g/mol. The van der Waals surface area contributed by atoms with Gasteiger partial charge in [0.05, 0.1) is 16.0 Å². The fourth-order valence-corrected chi connectivity index (χ4v) is 2.87. The molecule has 19 heavy (non-hydrogen) atoms. The molecule has 0 aliphatic carbocycles. The number of anilines is 1. The van der Waals surface area contributed by atoms with Crippen LogP contribution in [0.15, 0.2) is 18.2 Å². The van der Waals surface area contributed by atoms with E-state index in [0.29, 0.717) is 23.4 Å². The molecule has 1 atom stereocenters. The summed E-state index contributed by atoms with van der Waals surface area (Å²) in [6, 6.07) is 4.96. The minimum absolute atomic E-state index is 0.00919. The Morgan fingerprint density at radius 3 is 2.47 bits per heavy atom. The lowest BCUT2D eigenvalue weighted by Crippen LogP contribution is -2.27. The van der Waals surface area contributed by atoms with Crippen molar-refractivity contribution in [1.29, 1.82) is 0 Å². The molecule has 2 aliphatic heterocycles. The van der Waals surface area contributed by atoms with Gasteiger partial charge in [0, 0.05) is 19.3 Å². The SMILES string of the molecule is CN1C(=O)c2ccc(N3CCC(Br)C3=O)cc2C1=O. The zero-order valence-corrected chi connectivity index (χ0v) is 11.8. The van der Waals surface area contributed by atoms with Crippen LogP contribution < -0.4 is 4.90 Å². The molecule has 3 amide bonds. The summed E-state index contributed by atoms with van der Waals surface area (Å²) in [6.07, 6.45) is 0.739. The van der Waals surface area contributed by atoms with Gasteiger partial charge >= 0.3 is 0 Å². The lowest BCUT2D eigenvalue weighted by atomic mass is 10.1. The summed E-state index contributed by atoms with van der Waals surface area (Å²) in [6.45, 7) is 0.617. The maximum absolute atomic E-state index is 11.9. The van der Waals surface area contributed by atoms with Crippen molar-refractivity contribution in [2.75, 3.05) is 18.5 Å². The standard InChI is InChI=1S/C13H11BrN2O3/c1-15-11(17)8-3-2-7(6-9(8)12(15)18)16-5-4-10(14)13(16)19/h2-3,6,10H,4-5H2,1H3. The van der Waals surface area contributed by atoms with Crippen molar-refractivity contribution in [3.63, 3.8) is 0 Å². The summed E-state index contributed by atoms with van der Waals surface area (Å²) in [4.78, 5) is 38.2. The molecule has 0 N–H and O–H groups in total. The zero-order chi connectivity index (χ0) is 13.7. The van der Waals surface area contributed by atoms with Crippen LogP contribution in [-0.2, 0) is 4.79 Å². The molecule has 98 valence electrons. The van der Waals surface area contributed by atoms with E-state index in [1.165, 1.54) is 7.05 Å². The largest absolute Gasteiger partial charge is 0.311 e. The molecule has 2 heterocycles. The molecule has 1 aromatic carbocycles. The van der Waals surface area contributed by atoms with E-state index >= 15 is 0 Å². The Hall–Kier alpha value is -1.69. The Morgan fingerprint density at radius 2 is 1.84 bits per heavy atom. The smallest absolute Gasteiger partial charge is 0.261 e. The van der Waals surface area contributed by atoms with Gasteiger partial charge in [-0.1, -0.05) is 15.9 Å². The van der Waals surface area contributed by atoms with E-state index in [1.54, 1.807) is 23.1 Å². The first-order chi connectivity index (χ1) is 9.00. The van der Waals surface area contributed by atoms with Crippen molar-refractivity contribution in [3.8, 4) is 0 Å². The molecule has 0 spiro atoms. The molecule has 6 heteroatoms. The van der Waals surface area contributed by atoms with Gasteiger partial charge in [-0.15, -0.1) is 0 Å². The van der Waals surface area contributed by atoms with Gasteiger partial charge in [0.15, 0.2) is 0 Å². The van der Waals surface area contributed by atoms with Crippen LogP contribution in [0.25, 0.3) is 0 Å². The Morgan fingerprint density at radius 1 is 1.16 bits per heavy atom. The van der Waals surface area contributed by atoms with E-state index in [1.807, 2.05) is 0 Å². The molecule has 3 rings (SSSR count). The highest BCUT2D eigenvalue weighted by Gasteiger charge is 2.35. The normalized spacial score (nSPS) is 22.4. The van der Waals surface area contributed by atoms with Crippen molar-refractivity contribution >= 4 is 39.3 Å². The number of carbonyl (C=O) groups is 3. The van der Waals surface area contributed by atoms with Gasteiger partial charge in [-0.3, -0.25) is 19.3 Å². The average molecular weight is 323 g/mol. The van der Waals surface area contributed by atoms with E-state index in [9.17, 15) is 14.4 Å². The summed E-state index contributed by atoms with van der Waals surface area (Å²) in [7, 11) is 1.46. The number of alkyl halides is 1. The fraction of sp³-hybridized carbons (Fsp3) is 0.308. The van der Waals surface area contributed by atoms with Crippen LogP contribution in [0.4, 0.5) is 5.69 Å². The second-order valence-corrected chi connectivity index (χ2v) is 5.75. The highest BCUT2D eigenvalue weighted by atomic mass is 79.9. The van der Waals surface area contributed by atoms with Crippen LogP contribution in [0.1, 0.15) is 27.1 Å². The molecule has 0 radical (unpaired) electrons. The summed E-state index contributed by atoms with van der Waals surface area (Å²) in [5.41, 5.74) is 1.44. The Bertz CT molecular complexity index is 614. The van der Waals surface area contributed by atoms with Crippen molar-refractivity contribution in [2.45, 2.75) is 11.2 Å². The first-order valence-electron chi connectivity index (χ1n) is 5.92. The van der Waals surface area contributed by atoms with Gasteiger partial charge in [0.1, 0.15) is 0 Å². The number of nitrogens with zero attached hydrogens (tertiary/aromatic N) is 2. The highest BCUT2D eigenvalue weighted by Crippen LogP contribution is 2.30. The number of rotatable bonds is 1. The molecule has 1 fully saturated rings. The third-order valence-corrected chi connectivity index (χ3v) is 4.37. The monoisotopic (exact) mass is 322 g/mol. The third kappa shape index (κ3) is 1.70. The van der Waals surface area contributed by atoms with E-state index < -0.39 is 0 Å². The number of hydrogen-bond donors (Lipinski definition) is 0. The van der Waals surface area contributed by atoms with Gasteiger partial charge in [0.25, 0.3) is 11.8 Å².